The number of nitrogens with one attached hydrogen (secondary N) is 1. The van der Waals surface area contributed by atoms with E-state index in [9.17, 15) is 4.79 Å². The van der Waals surface area contributed by atoms with Gasteiger partial charge in [0.05, 0.1) is 12.9 Å². The Balaban J connectivity index is 1.72. The van der Waals surface area contributed by atoms with Crippen LogP contribution >= 0.6 is 0 Å². The summed E-state index contributed by atoms with van der Waals surface area (Å²) >= 11 is 0. The van der Waals surface area contributed by atoms with E-state index in [0.717, 1.165) is 5.56 Å². The maximum Gasteiger partial charge on any atom is 0.267 e. The minimum Gasteiger partial charge on any atom is -0.465 e. The zero-order chi connectivity index (χ0) is 12.6. The molecular weight excluding hydrogens is 230 g/mol. The summed E-state index contributed by atoms with van der Waals surface area (Å²) in [5.41, 5.74) is 3.32. The number of hydrogen-bond donors (Lipinski definition) is 1. The molecule has 0 unspecified atom stereocenters. The Labute approximate surface area is 105 Å². The van der Waals surface area contributed by atoms with Crippen LogP contribution in [0.4, 0.5) is 0 Å². The van der Waals surface area contributed by atoms with E-state index in [2.05, 4.69) is 5.48 Å². The van der Waals surface area contributed by atoms with Crippen LogP contribution < -0.4 is 5.48 Å². The molecule has 1 aromatic heterocycles. The fraction of sp³-hybridized carbons (Fsp3) is 0.0714. The number of amides is 1. The average Bonchev–Trinajstić information content (AvgIpc) is 2.91. The van der Waals surface area contributed by atoms with Gasteiger partial charge < -0.3 is 4.42 Å². The first-order valence-corrected chi connectivity index (χ1v) is 5.52. The van der Waals surface area contributed by atoms with E-state index >= 15 is 0 Å². The van der Waals surface area contributed by atoms with Gasteiger partial charge in [-0.3, -0.25) is 9.63 Å². The lowest BCUT2D eigenvalue weighted by molar-refractivity contribution is -0.129. The zero-order valence-corrected chi connectivity index (χ0v) is 9.71. The number of hydrogen-bond acceptors (Lipinski definition) is 3. The van der Waals surface area contributed by atoms with E-state index < -0.39 is 0 Å². The van der Waals surface area contributed by atoms with Crippen molar-refractivity contribution in [1.82, 2.24) is 5.48 Å². The molecule has 2 aromatic rings. The van der Waals surface area contributed by atoms with Crippen molar-refractivity contribution < 1.29 is 14.0 Å². The van der Waals surface area contributed by atoms with Gasteiger partial charge in [0.2, 0.25) is 0 Å². The quantitative estimate of drug-likeness (QED) is 0.648. The summed E-state index contributed by atoms with van der Waals surface area (Å²) in [5, 5.41) is 0. The monoisotopic (exact) mass is 243 g/mol. The van der Waals surface area contributed by atoms with Gasteiger partial charge in [-0.2, -0.15) is 0 Å². The van der Waals surface area contributed by atoms with Crippen molar-refractivity contribution in [3.8, 4) is 0 Å². The van der Waals surface area contributed by atoms with Crippen LogP contribution in [-0.4, -0.2) is 5.91 Å². The van der Waals surface area contributed by atoms with Crippen molar-refractivity contribution >= 4 is 12.0 Å². The van der Waals surface area contributed by atoms with Crippen LogP contribution in [0.2, 0.25) is 0 Å². The van der Waals surface area contributed by atoms with Gasteiger partial charge >= 0.3 is 0 Å². The van der Waals surface area contributed by atoms with Gasteiger partial charge in [0.1, 0.15) is 5.76 Å². The van der Waals surface area contributed by atoms with Crippen LogP contribution in [-0.2, 0) is 16.2 Å². The molecule has 0 spiro atoms. The molecule has 4 heteroatoms. The molecule has 0 atom stereocenters. The Bertz CT molecular complexity index is 503. The summed E-state index contributed by atoms with van der Waals surface area (Å²) in [6.45, 7) is 0.334. The maximum atomic E-state index is 11.4. The summed E-state index contributed by atoms with van der Waals surface area (Å²) in [6, 6.07) is 13.1. The summed E-state index contributed by atoms with van der Waals surface area (Å²) in [6.07, 6.45) is 4.47. The molecule has 1 amide bonds. The molecule has 1 heterocycles. The van der Waals surface area contributed by atoms with Gasteiger partial charge in [-0.25, -0.2) is 5.48 Å². The first kappa shape index (κ1) is 12.1. The van der Waals surface area contributed by atoms with Crippen molar-refractivity contribution in [2.45, 2.75) is 6.61 Å². The second-order valence-corrected chi connectivity index (χ2v) is 3.59. The van der Waals surface area contributed by atoms with Crippen LogP contribution in [0.3, 0.4) is 0 Å². The van der Waals surface area contributed by atoms with E-state index in [1.54, 1.807) is 24.5 Å². The minimum absolute atomic E-state index is 0.331. The predicted molar refractivity (Wildman–Crippen MR) is 67.1 cm³/mol. The molecule has 0 saturated carbocycles. The van der Waals surface area contributed by atoms with Crippen LogP contribution in [0.1, 0.15) is 11.3 Å². The van der Waals surface area contributed by atoms with E-state index in [0.29, 0.717) is 12.4 Å². The summed E-state index contributed by atoms with van der Waals surface area (Å²) in [5.74, 6) is 0.288. The molecule has 4 nitrogen and oxygen atoms in total. The molecular formula is C14H13NO3. The van der Waals surface area contributed by atoms with Gasteiger partial charge in [0.25, 0.3) is 5.91 Å². The normalized spacial score (nSPS) is 10.7. The molecule has 1 aromatic carbocycles. The second-order valence-electron chi connectivity index (χ2n) is 3.59. The van der Waals surface area contributed by atoms with E-state index in [-0.39, 0.29) is 5.91 Å². The Hall–Kier alpha value is -2.33. The summed E-state index contributed by atoms with van der Waals surface area (Å²) in [7, 11) is 0. The third-order valence-corrected chi connectivity index (χ3v) is 2.20. The first-order chi connectivity index (χ1) is 8.84. The first-order valence-electron chi connectivity index (χ1n) is 5.52. The van der Waals surface area contributed by atoms with Crippen molar-refractivity contribution in [2.24, 2.45) is 0 Å². The van der Waals surface area contributed by atoms with E-state index in [4.69, 9.17) is 9.25 Å². The molecule has 1 N–H and O–H groups in total. The highest BCUT2D eigenvalue weighted by Gasteiger charge is 1.97. The maximum absolute atomic E-state index is 11.4. The number of carbonyl (C=O) groups is 1. The Morgan fingerprint density at radius 1 is 1.22 bits per heavy atom. The van der Waals surface area contributed by atoms with Crippen LogP contribution in [0.5, 0.6) is 0 Å². The molecule has 0 saturated heterocycles. The number of hydroxylamine groups is 1. The lowest BCUT2D eigenvalue weighted by Gasteiger charge is -2.02. The van der Waals surface area contributed by atoms with Crippen molar-refractivity contribution in [2.75, 3.05) is 0 Å². The fourth-order valence-electron chi connectivity index (χ4n) is 1.34. The van der Waals surface area contributed by atoms with Gasteiger partial charge in [0.15, 0.2) is 0 Å². The van der Waals surface area contributed by atoms with Gasteiger partial charge in [-0.15, -0.1) is 0 Å². The fourth-order valence-corrected chi connectivity index (χ4v) is 1.34. The number of furan rings is 1. The van der Waals surface area contributed by atoms with Gasteiger partial charge in [-0.05, 0) is 23.8 Å². The second kappa shape index (κ2) is 6.42. The van der Waals surface area contributed by atoms with Crippen LogP contribution in [0.15, 0.2) is 59.2 Å². The van der Waals surface area contributed by atoms with Crippen LogP contribution in [0, 0.1) is 0 Å². The van der Waals surface area contributed by atoms with Crippen molar-refractivity contribution in [3.63, 3.8) is 0 Å². The number of rotatable bonds is 5. The molecule has 92 valence electrons. The average molecular weight is 243 g/mol. The molecule has 2 rings (SSSR count). The van der Waals surface area contributed by atoms with Gasteiger partial charge in [-0.1, -0.05) is 30.3 Å². The Kier molecular flexibility index (Phi) is 4.33. The molecule has 18 heavy (non-hydrogen) atoms. The molecule has 0 radical (unpaired) electrons. The standard InChI is InChI=1S/C14H13NO3/c16-14(9-8-13-7-4-10-17-13)15-18-11-12-5-2-1-3-6-12/h1-10H,11H2,(H,15,16)/b9-8+. The van der Waals surface area contributed by atoms with Crippen LogP contribution in [0.25, 0.3) is 6.08 Å². The molecule has 0 aliphatic heterocycles. The van der Waals surface area contributed by atoms with Crippen molar-refractivity contribution in [3.05, 3.63) is 66.1 Å². The topological polar surface area (TPSA) is 51.5 Å². The summed E-state index contributed by atoms with van der Waals surface area (Å²) < 4.78 is 5.05. The largest absolute Gasteiger partial charge is 0.465 e. The zero-order valence-electron chi connectivity index (χ0n) is 9.71. The Morgan fingerprint density at radius 3 is 2.78 bits per heavy atom. The predicted octanol–water partition coefficient (Wildman–Crippen LogP) is 2.54. The van der Waals surface area contributed by atoms with E-state index in [1.165, 1.54) is 6.08 Å². The lowest BCUT2D eigenvalue weighted by atomic mass is 10.2. The highest BCUT2D eigenvalue weighted by molar-refractivity contribution is 5.90. The lowest BCUT2D eigenvalue weighted by Crippen LogP contribution is -2.21. The highest BCUT2D eigenvalue weighted by atomic mass is 16.6. The molecule has 0 aliphatic carbocycles. The SMILES string of the molecule is O=C(/C=C/c1ccco1)NOCc1ccccc1. The third kappa shape index (κ3) is 3.92. The van der Waals surface area contributed by atoms with Gasteiger partial charge in [0, 0.05) is 6.08 Å². The Morgan fingerprint density at radius 2 is 2.06 bits per heavy atom. The summed E-state index contributed by atoms with van der Waals surface area (Å²) in [4.78, 5) is 16.4. The smallest absolute Gasteiger partial charge is 0.267 e. The number of benzene rings is 1. The number of carbonyl (C=O) groups excluding carboxylic acids is 1. The molecule has 0 bridgehead atoms. The van der Waals surface area contributed by atoms with E-state index in [1.807, 2.05) is 30.3 Å². The third-order valence-electron chi connectivity index (χ3n) is 2.20. The highest BCUT2D eigenvalue weighted by Crippen LogP contribution is 2.02. The minimum atomic E-state index is -0.331. The molecule has 0 fully saturated rings. The molecule has 0 aliphatic rings. The van der Waals surface area contributed by atoms with Crippen molar-refractivity contribution in [1.29, 1.82) is 0 Å².